The second-order valence-corrected chi connectivity index (χ2v) is 8.02. The van der Waals surface area contributed by atoms with E-state index < -0.39 is 0 Å². The predicted octanol–water partition coefficient (Wildman–Crippen LogP) is 2.77. The molecule has 0 unspecified atom stereocenters. The summed E-state index contributed by atoms with van der Waals surface area (Å²) in [5, 5.41) is 9.20. The van der Waals surface area contributed by atoms with Crippen LogP contribution in [-0.4, -0.2) is 51.4 Å². The molecule has 0 aliphatic carbocycles. The van der Waals surface area contributed by atoms with Crippen LogP contribution in [-0.2, 0) is 11.3 Å². The van der Waals surface area contributed by atoms with E-state index in [0.717, 1.165) is 65.9 Å². The van der Waals surface area contributed by atoms with Crippen molar-refractivity contribution in [3.63, 3.8) is 0 Å². The zero-order chi connectivity index (χ0) is 18.7. The molecule has 7 nitrogen and oxygen atoms in total. The highest BCUT2D eigenvalue weighted by Crippen LogP contribution is 2.33. The highest BCUT2D eigenvalue weighted by atomic mass is 16.5. The number of nitrogens with one attached hydrogen (secondary N) is 2. The molecule has 2 aliphatic rings. The Morgan fingerprint density at radius 1 is 1.11 bits per heavy atom. The van der Waals surface area contributed by atoms with Gasteiger partial charge in [0.1, 0.15) is 5.82 Å². The minimum Gasteiger partial charge on any atom is -0.383 e. The third kappa shape index (κ3) is 2.51. The van der Waals surface area contributed by atoms with Gasteiger partial charge in [0, 0.05) is 59.7 Å². The maximum Gasteiger partial charge on any atom is 0.133 e. The SMILES string of the molecule is Nc1nc2cc(-c3cc[nH]n3)ccc2c2[nH]c(CN3C[C@H]4COC[C@H]4C3)cc12. The number of nitrogens with two attached hydrogens (primary N) is 1. The summed E-state index contributed by atoms with van der Waals surface area (Å²) in [7, 11) is 0. The van der Waals surface area contributed by atoms with Crippen LogP contribution >= 0.6 is 0 Å². The summed E-state index contributed by atoms with van der Waals surface area (Å²) in [6, 6.07) is 10.3. The zero-order valence-corrected chi connectivity index (χ0v) is 15.5. The molecule has 0 bridgehead atoms. The second kappa shape index (κ2) is 6.05. The Balaban J connectivity index is 1.37. The number of hydrogen-bond acceptors (Lipinski definition) is 5. The molecule has 142 valence electrons. The number of ether oxygens (including phenoxy) is 1. The Kier molecular flexibility index (Phi) is 3.48. The Hall–Kier alpha value is -2.90. The van der Waals surface area contributed by atoms with Gasteiger partial charge in [-0.25, -0.2) is 4.98 Å². The van der Waals surface area contributed by atoms with E-state index in [2.05, 4.69) is 43.3 Å². The fourth-order valence-corrected chi connectivity index (χ4v) is 4.77. The number of fused-ring (bicyclic) bond motifs is 4. The van der Waals surface area contributed by atoms with Gasteiger partial charge in [-0.15, -0.1) is 0 Å². The Labute approximate surface area is 161 Å². The molecule has 4 N–H and O–H groups in total. The van der Waals surface area contributed by atoms with Crippen molar-refractivity contribution in [2.75, 3.05) is 32.0 Å². The average molecular weight is 374 g/mol. The summed E-state index contributed by atoms with van der Waals surface area (Å²) in [5.74, 6) is 1.95. The van der Waals surface area contributed by atoms with Crippen LogP contribution < -0.4 is 5.73 Å². The number of pyridine rings is 1. The molecule has 1 aromatic carbocycles. The highest BCUT2D eigenvalue weighted by Gasteiger charge is 2.37. The van der Waals surface area contributed by atoms with Gasteiger partial charge in [0.25, 0.3) is 0 Å². The van der Waals surface area contributed by atoms with Crippen molar-refractivity contribution < 1.29 is 4.74 Å². The number of aromatic amines is 2. The molecule has 4 aromatic rings. The van der Waals surface area contributed by atoms with Gasteiger partial charge in [-0.1, -0.05) is 12.1 Å². The molecule has 0 radical (unpaired) electrons. The number of H-pyrrole nitrogens is 2. The minimum atomic E-state index is 0.566. The van der Waals surface area contributed by atoms with E-state index in [1.807, 2.05) is 18.3 Å². The quantitative estimate of drug-likeness (QED) is 0.512. The molecular formula is C21H22N6O. The predicted molar refractivity (Wildman–Crippen MR) is 109 cm³/mol. The van der Waals surface area contributed by atoms with Crippen LogP contribution in [0.4, 0.5) is 5.82 Å². The number of hydrogen-bond donors (Lipinski definition) is 3. The zero-order valence-electron chi connectivity index (χ0n) is 15.5. The summed E-state index contributed by atoms with van der Waals surface area (Å²) >= 11 is 0. The lowest BCUT2D eigenvalue weighted by molar-refractivity contribution is 0.152. The molecule has 0 saturated carbocycles. The van der Waals surface area contributed by atoms with Crippen LogP contribution in [0.3, 0.4) is 0 Å². The third-order valence-electron chi connectivity index (χ3n) is 6.16. The van der Waals surface area contributed by atoms with Crippen molar-refractivity contribution in [2.24, 2.45) is 11.8 Å². The maximum absolute atomic E-state index is 6.30. The summed E-state index contributed by atoms with van der Waals surface area (Å²) in [6.45, 7) is 4.96. The lowest BCUT2D eigenvalue weighted by Gasteiger charge is -2.15. The van der Waals surface area contributed by atoms with Gasteiger partial charge in [-0.2, -0.15) is 5.10 Å². The van der Waals surface area contributed by atoms with Crippen molar-refractivity contribution in [1.82, 2.24) is 25.1 Å². The standard InChI is InChI=1S/C21H22N6O/c22-21-17-6-15(9-27-7-13-10-28-11-14(13)8-27)24-20(17)16-2-1-12(5-19(16)25-21)18-3-4-23-26-18/h1-6,13-14,24H,7-11H2,(H2,22,25)(H,23,26)/t13-,14+. The van der Waals surface area contributed by atoms with E-state index in [0.29, 0.717) is 17.7 Å². The van der Waals surface area contributed by atoms with Crippen molar-refractivity contribution in [1.29, 1.82) is 0 Å². The van der Waals surface area contributed by atoms with Crippen LogP contribution in [0, 0.1) is 11.8 Å². The first-order chi connectivity index (χ1) is 13.7. The monoisotopic (exact) mass is 374 g/mol. The van der Waals surface area contributed by atoms with Crippen LogP contribution in [0.5, 0.6) is 0 Å². The first-order valence-corrected chi connectivity index (χ1v) is 9.76. The van der Waals surface area contributed by atoms with E-state index in [1.165, 1.54) is 5.69 Å². The van der Waals surface area contributed by atoms with Gasteiger partial charge in [-0.05, 0) is 18.2 Å². The molecule has 28 heavy (non-hydrogen) atoms. The average Bonchev–Trinajstić information content (AvgIpc) is 3.45. The van der Waals surface area contributed by atoms with Gasteiger partial charge < -0.3 is 15.5 Å². The number of rotatable bonds is 3. The number of nitrogen functional groups attached to an aromatic ring is 1. The fourth-order valence-electron chi connectivity index (χ4n) is 4.77. The largest absolute Gasteiger partial charge is 0.383 e. The van der Waals surface area contributed by atoms with Crippen molar-refractivity contribution >= 4 is 27.6 Å². The maximum atomic E-state index is 6.30. The molecule has 3 aromatic heterocycles. The van der Waals surface area contributed by atoms with Gasteiger partial charge >= 0.3 is 0 Å². The number of benzene rings is 1. The number of aromatic nitrogens is 4. The third-order valence-corrected chi connectivity index (χ3v) is 6.16. The van der Waals surface area contributed by atoms with E-state index in [-0.39, 0.29) is 0 Å². The van der Waals surface area contributed by atoms with E-state index in [9.17, 15) is 0 Å². The van der Waals surface area contributed by atoms with Crippen LogP contribution in [0.2, 0.25) is 0 Å². The lowest BCUT2D eigenvalue weighted by atomic mass is 10.0. The molecular weight excluding hydrogens is 352 g/mol. The summed E-state index contributed by atoms with van der Waals surface area (Å²) in [5.41, 5.74) is 11.4. The minimum absolute atomic E-state index is 0.566. The highest BCUT2D eigenvalue weighted by molar-refractivity contribution is 6.08. The van der Waals surface area contributed by atoms with Crippen molar-refractivity contribution in [3.8, 4) is 11.3 Å². The van der Waals surface area contributed by atoms with Crippen LogP contribution in [0.1, 0.15) is 5.69 Å². The molecule has 6 rings (SSSR count). The number of nitrogens with zero attached hydrogens (tertiary/aromatic N) is 3. The molecule has 2 atom stereocenters. The molecule has 0 spiro atoms. The molecule has 5 heterocycles. The lowest BCUT2D eigenvalue weighted by Crippen LogP contribution is -2.22. The van der Waals surface area contributed by atoms with E-state index in [4.69, 9.17) is 10.5 Å². The van der Waals surface area contributed by atoms with Gasteiger partial charge in [0.05, 0.1) is 29.9 Å². The topological polar surface area (TPSA) is 95.8 Å². The first kappa shape index (κ1) is 16.1. The molecule has 7 heteroatoms. The molecule has 2 fully saturated rings. The Morgan fingerprint density at radius 2 is 1.96 bits per heavy atom. The van der Waals surface area contributed by atoms with Gasteiger partial charge in [0.2, 0.25) is 0 Å². The first-order valence-electron chi connectivity index (χ1n) is 9.76. The van der Waals surface area contributed by atoms with E-state index in [1.54, 1.807) is 0 Å². The van der Waals surface area contributed by atoms with Gasteiger partial charge in [0.15, 0.2) is 0 Å². The van der Waals surface area contributed by atoms with Crippen molar-refractivity contribution in [3.05, 3.63) is 42.2 Å². The van der Waals surface area contributed by atoms with Crippen LogP contribution in [0.25, 0.3) is 33.1 Å². The molecule has 0 amide bonds. The number of anilines is 1. The summed E-state index contributed by atoms with van der Waals surface area (Å²) in [6.07, 6.45) is 1.82. The van der Waals surface area contributed by atoms with Crippen LogP contribution in [0.15, 0.2) is 36.5 Å². The Morgan fingerprint density at radius 3 is 2.75 bits per heavy atom. The fraction of sp³-hybridized carbons (Fsp3) is 0.333. The smallest absolute Gasteiger partial charge is 0.133 e. The second-order valence-electron chi connectivity index (χ2n) is 8.02. The Bertz CT molecular complexity index is 1150. The van der Waals surface area contributed by atoms with Gasteiger partial charge in [-0.3, -0.25) is 10.00 Å². The molecule has 2 aliphatic heterocycles. The summed E-state index contributed by atoms with van der Waals surface area (Å²) in [4.78, 5) is 10.8. The van der Waals surface area contributed by atoms with E-state index >= 15 is 0 Å². The molecule has 2 saturated heterocycles. The number of likely N-dealkylation sites (tertiary alicyclic amines) is 1. The normalized spacial score (nSPS) is 22.4. The van der Waals surface area contributed by atoms with Crippen molar-refractivity contribution in [2.45, 2.75) is 6.54 Å². The summed E-state index contributed by atoms with van der Waals surface area (Å²) < 4.78 is 5.59.